The highest BCUT2D eigenvalue weighted by molar-refractivity contribution is 6.04. The molecule has 0 spiro atoms. The van der Waals surface area contributed by atoms with E-state index in [2.05, 4.69) is 0 Å². The Hall–Kier alpha value is -1.97. The second-order valence-electron chi connectivity index (χ2n) is 4.33. The van der Waals surface area contributed by atoms with E-state index < -0.39 is 5.97 Å². The number of carbonyl (C=O) groups is 3. The Bertz CT molecular complexity index is 505. The molecule has 1 atom stereocenters. The summed E-state index contributed by atoms with van der Waals surface area (Å²) in [6.45, 7) is 0. The van der Waals surface area contributed by atoms with Gasteiger partial charge in [0, 0.05) is 17.9 Å². The van der Waals surface area contributed by atoms with Gasteiger partial charge in [-0.25, -0.2) is 4.79 Å². The SMILES string of the molecule is COC(=O)c1cccc2c1CCC(CC=O)C2=O. The van der Waals surface area contributed by atoms with E-state index in [1.165, 1.54) is 7.11 Å². The Morgan fingerprint density at radius 1 is 1.50 bits per heavy atom. The largest absolute Gasteiger partial charge is 0.465 e. The molecule has 0 bridgehead atoms. The Balaban J connectivity index is 2.42. The van der Waals surface area contributed by atoms with Crippen LogP contribution in [-0.2, 0) is 16.0 Å². The number of carbonyl (C=O) groups excluding carboxylic acids is 3. The summed E-state index contributed by atoms with van der Waals surface area (Å²) >= 11 is 0. The number of aldehydes is 1. The fraction of sp³-hybridized carbons (Fsp3) is 0.357. The minimum absolute atomic E-state index is 0.0471. The second kappa shape index (κ2) is 5.12. The van der Waals surface area contributed by atoms with Crippen LogP contribution in [0.5, 0.6) is 0 Å². The quantitative estimate of drug-likeness (QED) is 0.602. The van der Waals surface area contributed by atoms with E-state index in [4.69, 9.17) is 4.74 Å². The lowest BCUT2D eigenvalue weighted by Crippen LogP contribution is -2.25. The average molecular weight is 246 g/mol. The van der Waals surface area contributed by atoms with Crippen LogP contribution in [0.1, 0.15) is 39.1 Å². The second-order valence-corrected chi connectivity index (χ2v) is 4.33. The van der Waals surface area contributed by atoms with Gasteiger partial charge >= 0.3 is 5.97 Å². The molecule has 0 N–H and O–H groups in total. The van der Waals surface area contributed by atoms with Gasteiger partial charge in [-0.05, 0) is 24.5 Å². The summed E-state index contributed by atoms with van der Waals surface area (Å²) in [6.07, 6.45) is 2.27. The first-order valence-corrected chi connectivity index (χ1v) is 5.87. The first-order chi connectivity index (χ1) is 8.69. The van der Waals surface area contributed by atoms with Gasteiger partial charge in [0.15, 0.2) is 5.78 Å². The van der Waals surface area contributed by atoms with Gasteiger partial charge in [0.25, 0.3) is 0 Å². The van der Waals surface area contributed by atoms with Gasteiger partial charge in [-0.1, -0.05) is 12.1 Å². The molecule has 1 unspecified atom stereocenters. The summed E-state index contributed by atoms with van der Waals surface area (Å²) in [5.74, 6) is -0.717. The summed E-state index contributed by atoms with van der Waals surface area (Å²) in [5, 5.41) is 0. The molecule has 1 aliphatic rings. The summed E-state index contributed by atoms with van der Waals surface area (Å²) < 4.78 is 4.71. The highest BCUT2D eigenvalue weighted by Gasteiger charge is 2.29. The Labute approximate surface area is 105 Å². The van der Waals surface area contributed by atoms with Gasteiger partial charge in [-0.3, -0.25) is 4.79 Å². The molecule has 0 aromatic heterocycles. The molecule has 18 heavy (non-hydrogen) atoms. The molecule has 4 nitrogen and oxygen atoms in total. The molecule has 0 fully saturated rings. The lowest BCUT2D eigenvalue weighted by molar-refractivity contribution is -0.108. The molecule has 2 rings (SSSR count). The number of esters is 1. The predicted octanol–water partition coefficient (Wildman–Crippen LogP) is 1.81. The van der Waals surface area contributed by atoms with Crippen LogP contribution in [0, 0.1) is 5.92 Å². The zero-order valence-electron chi connectivity index (χ0n) is 10.1. The van der Waals surface area contributed by atoms with Crippen molar-refractivity contribution < 1.29 is 19.1 Å². The monoisotopic (exact) mass is 246 g/mol. The standard InChI is InChI=1S/C14H14O4/c1-18-14(17)12-4-2-3-11-10(12)6-5-9(7-8-15)13(11)16/h2-4,8-9H,5-7H2,1H3. The molecule has 0 heterocycles. The molecule has 0 amide bonds. The lowest BCUT2D eigenvalue weighted by atomic mass is 9.79. The number of rotatable bonds is 3. The molecule has 94 valence electrons. The number of ketones is 1. The molecule has 0 saturated heterocycles. The maximum absolute atomic E-state index is 12.2. The van der Waals surface area contributed by atoms with Crippen molar-refractivity contribution in [1.29, 1.82) is 0 Å². The Morgan fingerprint density at radius 2 is 2.28 bits per heavy atom. The molecule has 0 saturated carbocycles. The van der Waals surface area contributed by atoms with Crippen LogP contribution in [0.2, 0.25) is 0 Å². The summed E-state index contributed by atoms with van der Waals surface area (Å²) in [6, 6.07) is 5.05. The Kier molecular flexibility index (Phi) is 3.55. The smallest absolute Gasteiger partial charge is 0.338 e. The highest BCUT2D eigenvalue weighted by Crippen LogP contribution is 2.29. The van der Waals surface area contributed by atoms with Gasteiger partial charge in [0.05, 0.1) is 12.7 Å². The van der Waals surface area contributed by atoms with Crippen LogP contribution < -0.4 is 0 Å². The zero-order valence-corrected chi connectivity index (χ0v) is 10.1. The Morgan fingerprint density at radius 3 is 2.94 bits per heavy atom. The van der Waals surface area contributed by atoms with E-state index in [9.17, 15) is 14.4 Å². The number of Topliss-reactive ketones (excluding diaryl/α,β-unsaturated/α-hetero) is 1. The first-order valence-electron chi connectivity index (χ1n) is 5.87. The van der Waals surface area contributed by atoms with Gasteiger partial charge in [0.1, 0.15) is 6.29 Å². The van der Waals surface area contributed by atoms with Gasteiger partial charge in [-0.2, -0.15) is 0 Å². The fourth-order valence-electron chi connectivity index (χ4n) is 2.40. The third-order valence-corrected chi connectivity index (χ3v) is 3.34. The van der Waals surface area contributed by atoms with Crippen molar-refractivity contribution in [3.05, 3.63) is 34.9 Å². The zero-order chi connectivity index (χ0) is 13.1. The lowest BCUT2D eigenvalue weighted by Gasteiger charge is -2.23. The van der Waals surface area contributed by atoms with Crippen molar-refractivity contribution in [2.45, 2.75) is 19.3 Å². The molecule has 0 radical (unpaired) electrons. The number of ether oxygens (including phenoxy) is 1. The van der Waals surface area contributed by atoms with Crippen molar-refractivity contribution in [2.24, 2.45) is 5.92 Å². The molecule has 1 aliphatic carbocycles. The average Bonchev–Trinajstić information content (AvgIpc) is 2.41. The van der Waals surface area contributed by atoms with E-state index >= 15 is 0 Å². The van der Waals surface area contributed by atoms with E-state index in [1.807, 2.05) is 0 Å². The fourth-order valence-corrected chi connectivity index (χ4v) is 2.40. The van der Waals surface area contributed by atoms with E-state index in [1.54, 1.807) is 18.2 Å². The van der Waals surface area contributed by atoms with Crippen molar-refractivity contribution in [3.63, 3.8) is 0 Å². The van der Waals surface area contributed by atoms with Crippen LogP contribution in [-0.4, -0.2) is 25.1 Å². The molecular formula is C14H14O4. The molecule has 1 aromatic rings. The van der Waals surface area contributed by atoms with E-state index in [0.29, 0.717) is 24.0 Å². The van der Waals surface area contributed by atoms with Gasteiger partial charge < -0.3 is 9.53 Å². The molecular weight excluding hydrogens is 232 g/mol. The number of hydrogen-bond donors (Lipinski definition) is 0. The van der Waals surface area contributed by atoms with Crippen LogP contribution in [0.25, 0.3) is 0 Å². The van der Waals surface area contributed by atoms with Crippen molar-refractivity contribution in [3.8, 4) is 0 Å². The third kappa shape index (κ3) is 2.06. The van der Waals surface area contributed by atoms with Gasteiger partial charge in [-0.15, -0.1) is 0 Å². The van der Waals surface area contributed by atoms with E-state index in [-0.39, 0.29) is 18.1 Å². The third-order valence-electron chi connectivity index (χ3n) is 3.34. The molecule has 4 heteroatoms. The molecule has 0 aliphatic heterocycles. The van der Waals surface area contributed by atoms with Crippen LogP contribution >= 0.6 is 0 Å². The van der Waals surface area contributed by atoms with Crippen LogP contribution in [0.15, 0.2) is 18.2 Å². The van der Waals surface area contributed by atoms with Crippen molar-refractivity contribution >= 4 is 18.0 Å². The van der Waals surface area contributed by atoms with Crippen LogP contribution in [0.4, 0.5) is 0 Å². The predicted molar refractivity (Wildman–Crippen MR) is 64.6 cm³/mol. The first kappa shape index (κ1) is 12.5. The summed E-state index contributed by atoms with van der Waals surface area (Å²) in [4.78, 5) is 34.3. The maximum Gasteiger partial charge on any atom is 0.338 e. The summed E-state index contributed by atoms with van der Waals surface area (Å²) in [7, 11) is 1.32. The number of hydrogen-bond acceptors (Lipinski definition) is 4. The number of fused-ring (bicyclic) bond motifs is 1. The summed E-state index contributed by atoms with van der Waals surface area (Å²) in [5.41, 5.74) is 1.75. The number of methoxy groups -OCH3 is 1. The minimum atomic E-state index is -0.423. The normalized spacial score (nSPS) is 18.1. The molecule has 1 aromatic carbocycles. The minimum Gasteiger partial charge on any atom is -0.465 e. The van der Waals surface area contributed by atoms with E-state index in [0.717, 1.165) is 11.8 Å². The number of benzene rings is 1. The van der Waals surface area contributed by atoms with Crippen molar-refractivity contribution in [2.75, 3.05) is 7.11 Å². The van der Waals surface area contributed by atoms with Gasteiger partial charge in [0.2, 0.25) is 0 Å². The highest BCUT2D eigenvalue weighted by atomic mass is 16.5. The van der Waals surface area contributed by atoms with Crippen molar-refractivity contribution in [1.82, 2.24) is 0 Å². The topological polar surface area (TPSA) is 60.4 Å². The maximum atomic E-state index is 12.2. The van der Waals surface area contributed by atoms with Crippen LogP contribution in [0.3, 0.4) is 0 Å².